The van der Waals surface area contributed by atoms with E-state index in [4.69, 9.17) is 20.6 Å². The SMILES string of the molecule is N=C(c1ccnc(N2CCOC3(CC3)C2)c1)c1cc(OC2CC2)ccc1N.[HH]. The Bertz CT molecular complexity index is 896. The van der Waals surface area contributed by atoms with Gasteiger partial charge in [0.1, 0.15) is 11.6 Å². The molecule has 0 unspecified atom stereocenters. The van der Waals surface area contributed by atoms with Gasteiger partial charge in [0.25, 0.3) is 0 Å². The van der Waals surface area contributed by atoms with Crippen molar-refractivity contribution in [3.8, 4) is 5.75 Å². The van der Waals surface area contributed by atoms with E-state index in [0.29, 0.717) is 23.1 Å². The number of anilines is 2. The summed E-state index contributed by atoms with van der Waals surface area (Å²) in [6.07, 6.45) is 6.55. The highest BCUT2D eigenvalue weighted by molar-refractivity contribution is 6.14. The highest BCUT2D eigenvalue weighted by Crippen LogP contribution is 2.42. The zero-order valence-electron chi connectivity index (χ0n) is 15.3. The highest BCUT2D eigenvalue weighted by Gasteiger charge is 2.47. The van der Waals surface area contributed by atoms with Crippen molar-refractivity contribution in [3.63, 3.8) is 0 Å². The third kappa shape index (κ3) is 3.37. The van der Waals surface area contributed by atoms with Crippen LogP contribution in [-0.4, -0.2) is 42.1 Å². The second-order valence-electron chi connectivity index (χ2n) is 7.80. The quantitative estimate of drug-likeness (QED) is 0.627. The van der Waals surface area contributed by atoms with Gasteiger partial charge < -0.3 is 20.1 Å². The van der Waals surface area contributed by atoms with Gasteiger partial charge in [0.05, 0.1) is 24.0 Å². The number of nitrogens with one attached hydrogen (secondary N) is 1. The number of ether oxygens (including phenoxy) is 2. The molecule has 1 aromatic heterocycles. The first-order valence-corrected chi connectivity index (χ1v) is 9.62. The van der Waals surface area contributed by atoms with Gasteiger partial charge in [-0.25, -0.2) is 4.98 Å². The highest BCUT2D eigenvalue weighted by atomic mass is 16.5. The molecule has 5 rings (SSSR count). The van der Waals surface area contributed by atoms with E-state index in [9.17, 15) is 0 Å². The fourth-order valence-electron chi connectivity index (χ4n) is 3.59. The molecule has 142 valence electrons. The minimum Gasteiger partial charge on any atom is -0.490 e. The summed E-state index contributed by atoms with van der Waals surface area (Å²) in [5.74, 6) is 1.68. The number of nitrogens with two attached hydrogens (primary N) is 1. The Balaban J connectivity index is 0.00000192. The molecule has 3 fully saturated rings. The first kappa shape index (κ1) is 16.6. The monoisotopic (exact) mass is 366 g/mol. The minimum atomic E-state index is 0. The van der Waals surface area contributed by atoms with Gasteiger partial charge >= 0.3 is 0 Å². The molecule has 1 aliphatic heterocycles. The van der Waals surface area contributed by atoms with E-state index >= 15 is 0 Å². The molecule has 2 aromatic rings. The molecule has 2 heterocycles. The zero-order valence-corrected chi connectivity index (χ0v) is 15.3. The lowest BCUT2D eigenvalue weighted by Gasteiger charge is -2.34. The van der Waals surface area contributed by atoms with Crippen LogP contribution in [0, 0.1) is 5.41 Å². The van der Waals surface area contributed by atoms with E-state index in [1.54, 1.807) is 6.20 Å². The van der Waals surface area contributed by atoms with Crippen molar-refractivity contribution in [1.82, 2.24) is 4.98 Å². The molecule has 1 spiro atoms. The Morgan fingerprint density at radius 3 is 2.93 bits per heavy atom. The molecular formula is C21H26N4O2. The molecule has 0 radical (unpaired) electrons. The number of benzene rings is 1. The standard InChI is InChI=1S/C21H24N4O2.H2/c22-18-4-3-16(27-15-1-2-15)12-17(18)20(23)14-5-8-24-19(11-14)25-9-10-26-21(13-25)6-7-21;/h3-5,8,11-12,15,23H,1-2,6-7,9-10,13,22H2;1H. The second kappa shape index (κ2) is 6.23. The summed E-state index contributed by atoms with van der Waals surface area (Å²) in [5.41, 5.74) is 8.70. The van der Waals surface area contributed by atoms with Gasteiger partial charge in [-0.1, -0.05) is 0 Å². The number of pyridine rings is 1. The predicted octanol–water partition coefficient (Wildman–Crippen LogP) is 3.24. The molecule has 6 heteroatoms. The first-order chi connectivity index (χ1) is 13.1. The van der Waals surface area contributed by atoms with Crippen molar-refractivity contribution < 1.29 is 10.9 Å². The van der Waals surface area contributed by atoms with E-state index in [0.717, 1.165) is 62.5 Å². The van der Waals surface area contributed by atoms with Gasteiger partial charge in [0, 0.05) is 37.5 Å². The summed E-state index contributed by atoms with van der Waals surface area (Å²) >= 11 is 0. The topological polar surface area (TPSA) is 84.5 Å². The molecule has 3 N–H and O–H groups in total. The van der Waals surface area contributed by atoms with Crippen molar-refractivity contribution in [2.24, 2.45) is 0 Å². The Morgan fingerprint density at radius 2 is 2.15 bits per heavy atom. The smallest absolute Gasteiger partial charge is 0.129 e. The summed E-state index contributed by atoms with van der Waals surface area (Å²) in [6, 6.07) is 9.43. The Kier molecular flexibility index (Phi) is 3.82. The maximum atomic E-state index is 8.70. The van der Waals surface area contributed by atoms with Gasteiger partial charge in [-0.2, -0.15) is 0 Å². The van der Waals surface area contributed by atoms with Crippen LogP contribution in [0.4, 0.5) is 11.5 Å². The fraction of sp³-hybridized carbons (Fsp3) is 0.429. The second-order valence-corrected chi connectivity index (χ2v) is 7.80. The lowest BCUT2D eigenvalue weighted by molar-refractivity contribution is 0.0204. The van der Waals surface area contributed by atoms with Crippen LogP contribution >= 0.6 is 0 Å². The van der Waals surface area contributed by atoms with Crippen LogP contribution in [0.3, 0.4) is 0 Å². The molecule has 2 saturated carbocycles. The van der Waals surface area contributed by atoms with Crippen LogP contribution in [0.2, 0.25) is 0 Å². The number of hydrogen-bond donors (Lipinski definition) is 2. The van der Waals surface area contributed by atoms with Crippen LogP contribution < -0.4 is 15.4 Å². The molecule has 27 heavy (non-hydrogen) atoms. The van der Waals surface area contributed by atoms with E-state index in [1.807, 2.05) is 30.3 Å². The molecule has 2 aliphatic carbocycles. The van der Waals surface area contributed by atoms with Crippen LogP contribution in [0.5, 0.6) is 5.75 Å². The lowest BCUT2D eigenvalue weighted by Crippen LogP contribution is -2.44. The van der Waals surface area contributed by atoms with E-state index < -0.39 is 0 Å². The summed E-state index contributed by atoms with van der Waals surface area (Å²) in [6.45, 7) is 2.44. The zero-order chi connectivity index (χ0) is 18.4. The lowest BCUT2D eigenvalue weighted by atomic mass is 10.0. The van der Waals surface area contributed by atoms with Crippen LogP contribution in [0.25, 0.3) is 0 Å². The number of hydrogen-bond acceptors (Lipinski definition) is 6. The number of morpholine rings is 1. The van der Waals surface area contributed by atoms with Gasteiger partial charge in [-0.15, -0.1) is 0 Å². The summed E-state index contributed by atoms with van der Waals surface area (Å²) in [7, 11) is 0. The largest absolute Gasteiger partial charge is 0.490 e. The molecule has 0 bridgehead atoms. The van der Waals surface area contributed by atoms with Crippen LogP contribution in [0.1, 0.15) is 38.2 Å². The number of nitrogens with zero attached hydrogens (tertiary/aromatic N) is 2. The molecular weight excluding hydrogens is 340 g/mol. The van der Waals surface area contributed by atoms with E-state index in [2.05, 4.69) is 9.88 Å². The summed E-state index contributed by atoms with van der Waals surface area (Å²) < 4.78 is 11.8. The van der Waals surface area contributed by atoms with Gasteiger partial charge in [0.15, 0.2) is 0 Å². The van der Waals surface area contributed by atoms with Crippen molar-refractivity contribution in [3.05, 3.63) is 47.7 Å². The summed E-state index contributed by atoms with van der Waals surface area (Å²) in [4.78, 5) is 6.80. The van der Waals surface area contributed by atoms with Crippen molar-refractivity contribution in [2.75, 3.05) is 30.3 Å². The van der Waals surface area contributed by atoms with Gasteiger partial charge in [0.2, 0.25) is 0 Å². The fourth-order valence-corrected chi connectivity index (χ4v) is 3.59. The average molecular weight is 366 g/mol. The molecule has 0 amide bonds. The molecule has 6 nitrogen and oxygen atoms in total. The normalized spacial score (nSPS) is 20.5. The number of aromatic nitrogens is 1. The van der Waals surface area contributed by atoms with Crippen LogP contribution in [0.15, 0.2) is 36.5 Å². The Morgan fingerprint density at radius 1 is 1.30 bits per heavy atom. The maximum Gasteiger partial charge on any atom is 0.129 e. The van der Waals surface area contributed by atoms with Gasteiger partial charge in [-0.05, 0) is 56.0 Å². The Labute approximate surface area is 160 Å². The third-order valence-electron chi connectivity index (χ3n) is 5.54. The maximum absolute atomic E-state index is 8.70. The first-order valence-electron chi connectivity index (χ1n) is 9.62. The average Bonchev–Trinajstić information content (AvgIpc) is 3.62. The molecule has 1 saturated heterocycles. The number of nitrogen functional groups attached to an aromatic ring is 1. The third-order valence-corrected chi connectivity index (χ3v) is 5.54. The molecule has 3 aliphatic rings. The minimum absolute atomic E-state index is 0. The molecule has 1 aromatic carbocycles. The Hall–Kier alpha value is -2.60. The van der Waals surface area contributed by atoms with Crippen LogP contribution in [-0.2, 0) is 4.74 Å². The van der Waals surface area contributed by atoms with Gasteiger partial charge in [-0.3, -0.25) is 5.41 Å². The van der Waals surface area contributed by atoms with Crippen molar-refractivity contribution in [1.29, 1.82) is 5.41 Å². The van der Waals surface area contributed by atoms with E-state index in [1.165, 1.54) is 0 Å². The van der Waals surface area contributed by atoms with Crippen molar-refractivity contribution >= 4 is 17.2 Å². The van der Waals surface area contributed by atoms with E-state index in [-0.39, 0.29) is 7.03 Å². The molecule has 0 atom stereocenters. The van der Waals surface area contributed by atoms with Crippen molar-refractivity contribution in [2.45, 2.75) is 37.4 Å². The summed E-state index contributed by atoms with van der Waals surface area (Å²) in [5, 5.41) is 8.70. The number of rotatable bonds is 5. The predicted molar refractivity (Wildman–Crippen MR) is 107 cm³/mol.